The second-order valence-electron chi connectivity index (χ2n) is 18.9. The summed E-state index contributed by atoms with van der Waals surface area (Å²) in [5.74, 6) is -1.91. The Morgan fingerprint density at radius 3 is 2.62 bits per heavy atom. The van der Waals surface area contributed by atoms with Crippen molar-refractivity contribution in [2.75, 3.05) is 47.4 Å². The standard InChI is InChI=1S/C49H65N9O7S/c1-11-41(59)56-22-19-32(26-56)54(8)48(63)55(9)43(29(3)4)45(60)52-37-24-40-51-38(27-66-40)31-17-18-39-34(23-31)35(44(57(39)12-2)33-15-13-20-50-42(33)30(5)64-10)25-49(6,7)28-65-47(62)36-16-14-21-58(53-36)46(37)61/h11,13,15,17-18,20,23,27,29-30,32,36-37,43,53H,1,12,14,16,19,21-22,24-26,28H2,2-10H3,(H,52,60)/t30-,32-,36-,37-,43-/m0/s1. The number of nitrogens with one attached hydrogen (secondary N) is 2. The smallest absolute Gasteiger partial charge is 0.324 e. The number of hydrogen-bond donors (Lipinski definition) is 2. The van der Waals surface area contributed by atoms with Crippen LogP contribution in [0.25, 0.3) is 33.4 Å². The second-order valence-corrected chi connectivity index (χ2v) is 19.8. The van der Waals surface area contributed by atoms with Gasteiger partial charge in [-0.15, -0.1) is 11.3 Å². The van der Waals surface area contributed by atoms with Crippen molar-refractivity contribution in [2.45, 2.75) is 110 Å². The molecule has 3 aromatic heterocycles. The maximum absolute atomic E-state index is 14.6. The fourth-order valence-corrected chi connectivity index (χ4v) is 10.5. The number of rotatable bonds is 10. The molecular weight excluding hydrogens is 859 g/mol. The molecule has 17 heteroatoms. The Hall–Kier alpha value is -5.65. The lowest BCUT2D eigenvalue weighted by atomic mass is 9.84. The lowest BCUT2D eigenvalue weighted by Crippen LogP contribution is -2.62. The zero-order valence-corrected chi connectivity index (χ0v) is 40.6. The molecule has 0 saturated carbocycles. The third-order valence-corrected chi connectivity index (χ3v) is 14.1. The van der Waals surface area contributed by atoms with Gasteiger partial charge in [0, 0.05) is 92.8 Å². The Balaban J connectivity index is 1.25. The van der Waals surface area contributed by atoms with Crippen molar-refractivity contribution < 1.29 is 33.4 Å². The number of carbonyl (C=O) groups excluding carboxylic acids is 5. The number of likely N-dealkylation sites (N-methyl/N-ethyl adjacent to an activating group) is 2. The normalized spacial score (nSPS) is 21.0. The van der Waals surface area contributed by atoms with E-state index in [1.165, 1.54) is 27.3 Å². The second kappa shape index (κ2) is 20.1. The summed E-state index contributed by atoms with van der Waals surface area (Å²) in [5.41, 5.74) is 9.24. The van der Waals surface area contributed by atoms with Crippen LogP contribution in [0.2, 0.25) is 0 Å². The van der Waals surface area contributed by atoms with E-state index in [4.69, 9.17) is 19.4 Å². The number of ether oxygens (including phenoxy) is 2. The fraction of sp³-hybridized carbons (Fsp3) is 0.531. The first kappa shape index (κ1) is 48.3. The van der Waals surface area contributed by atoms with Gasteiger partial charge >= 0.3 is 12.0 Å². The van der Waals surface area contributed by atoms with Gasteiger partial charge in [0.1, 0.15) is 18.1 Å². The predicted octanol–water partition coefficient (Wildman–Crippen LogP) is 6.00. The minimum atomic E-state index is -1.09. The van der Waals surface area contributed by atoms with Crippen LogP contribution in [0.5, 0.6) is 0 Å². The van der Waals surface area contributed by atoms with Crippen LogP contribution >= 0.6 is 11.3 Å². The fourth-order valence-electron chi connectivity index (χ4n) is 9.66. The quantitative estimate of drug-likeness (QED) is 0.142. The first-order valence-corrected chi connectivity index (χ1v) is 23.9. The highest BCUT2D eigenvalue weighted by Crippen LogP contribution is 2.42. The molecule has 3 aliphatic heterocycles. The Bertz CT molecular complexity index is 2480. The molecule has 0 unspecified atom stereocenters. The van der Waals surface area contributed by atoms with Gasteiger partial charge < -0.3 is 34.1 Å². The third kappa shape index (κ3) is 9.88. The van der Waals surface area contributed by atoms with Gasteiger partial charge in [0.25, 0.3) is 5.91 Å². The molecule has 0 spiro atoms. The first-order chi connectivity index (χ1) is 31.5. The van der Waals surface area contributed by atoms with Gasteiger partial charge in [-0.2, -0.15) is 0 Å². The molecule has 6 bridgehead atoms. The van der Waals surface area contributed by atoms with Crippen LogP contribution in [0, 0.1) is 11.3 Å². The molecular formula is C49H65N9O7S. The van der Waals surface area contributed by atoms with E-state index in [-0.39, 0.29) is 43.0 Å². The number of carbonyl (C=O) groups is 5. The van der Waals surface area contributed by atoms with Gasteiger partial charge in [0.15, 0.2) is 0 Å². The highest BCUT2D eigenvalue weighted by atomic mass is 32.1. The molecule has 0 radical (unpaired) electrons. The average Bonchev–Trinajstić information content (AvgIpc) is 4.07. The van der Waals surface area contributed by atoms with Crippen LogP contribution in [-0.4, -0.2) is 136 Å². The van der Waals surface area contributed by atoms with Crippen molar-refractivity contribution >= 4 is 52.0 Å². The molecule has 0 aliphatic carbocycles. The summed E-state index contributed by atoms with van der Waals surface area (Å²) < 4.78 is 14.2. The number of amides is 5. The van der Waals surface area contributed by atoms with Gasteiger partial charge in [-0.05, 0) is 81.4 Å². The number of likely N-dealkylation sites (tertiary alicyclic amines) is 1. The van der Waals surface area contributed by atoms with Crippen LogP contribution in [0.1, 0.15) is 83.2 Å². The molecule has 66 heavy (non-hydrogen) atoms. The minimum Gasteiger partial charge on any atom is -0.464 e. The van der Waals surface area contributed by atoms with E-state index < -0.39 is 41.3 Å². The predicted molar refractivity (Wildman–Crippen MR) is 254 cm³/mol. The van der Waals surface area contributed by atoms with Crippen molar-refractivity contribution in [1.29, 1.82) is 0 Å². The number of urea groups is 1. The molecule has 2 fully saturated rings. The summed E-state index contributed by atoms with van der Waals surface area (Å²) in [6.45, 7) is 17.6. The van der Waals surface area contributed by atoms with Gasteiger partial charge in [0.05, 0.1) is 40.8 Å². The Morgan fingerprint density at radius 2 is 1.91 bits per heavy atom. The number of fused-ring (bicyclic) bond motifs is 6. The van der Waals surface area contributed by atoms with Crippen molar-refractivity contribution in [2.24, 2.45) is 11.3 Å². The van der Waals surface area contributed by atoms with Crippen molar-refractivity contribution in [3.05, 3.63) is 70.8 Å². The number of pyridine rings is 1. The lowest BCUT2D eigenvalue weighted by Gasteiger charge is -2.37. The molecule has 2 saturated heterocycles. The summed E-state index contributed by atoms with van der Waals surface area (Å²) in [6.07, 6.45) is 5.03. The van der Waals surface area contributed by atoms with Crippen LogP contribution < -0.4 is 10.7 Å². The van der Waals surface area contributed by atoms with E-state index in [0.717, 1.165) is 44.7 Å². The summed E-state index contributed by atoms with van der Waals surface area (Å²) >= 11 is 1.40. The van der Waals surface area contributed by atoms with Crippen molar-refractivity contribution in [3.63, 3.8) is 0 Å². The third-order valence-electron chi connectivity index (χ3n) is 13.3. The Morgan fingerprint density at radius 1 is 1.14 bits per heavy atom. The zero-order chi connectivity index (χ0) is 47.6. The number of thiazole rings is 1. The summed E-state index contributed by atoms with van der Waals surface area (Å²) in [4.78, 5) is 83.8. The van der Waals surface area contributed by atoms with E-state index in [9.17, 15) is 24.0 Å². The number of aryl methyl sites for hydroxylation is 1. The molecule has 4 aromatic rings. The monoisotopic (exact) mass is 923 g/mol. The van der Waals surface area contributed by atoms with Gasteiger partial charge in [-0.3, -0.25) is 29.2 Å². The highest BCUT2D eigenvalue weighted by molar-refractivity contribution is 7.10. The number of nitrogens with zero attached hydrogens (tertiary/aromatic N) is 7. The topological polar surface area (TPSA) is 172 Å². The number of methoxy groups -OCH3 is 1. The van der Waals surface area contributed by atoms with Crippen LogP contribution in [0.4, 0.5) is 4.79 Å². The molecule has 1 aromatic carbocycles. The maximum atomic E-state index is 14.6. The number of hydrazine groups is 1. The Kier molecular flexibility index (Phi) is 14.7. The van der Waals surface area contributed by atoms with E-state index in [0.29, 0.717) is 56.9 Å². The van der Waals surface area contributed by atoms with Crippen molar-refractivity contribution in [3.8, 4) is 22.5 Å². The minimum absolute atomic E-state index is 0.0691. The van der Waals surface area contributed by atoms with Gasteiger partial charge in [0.2, 0.25) is 11.8 Å². The molecule has 354 valence electrons. The van der Waals surface area contributed by atoms with Crippen LogP contribution in [-0.2, 0) is 48.0 Å². The zero-order valence-electron chi connectivity index (χ0n) is 39.8. The number of aromatic nitrogens is 3. The lowest BCUT2D eigenvalue weighted by molar-refractivity contribution is -0.155. The SMILES string of the molecule is C=CC(=O)N1CC[C@H](N(C)C(=O)N(C)[C@H](C(=O)N[C@H]2Cc3nc(cs3)-c3ccc4c(c3)c(c(-c3cccnc3[C@H](C)OC)n4CC)CC(C)(C)COC(=O)[C@@H]3CCCN(N3)C2=O)C(C)C)C1. The molecule has 6 heterocycles. The largest absolute Gasteiger partial charge is 0.464 e. The van der Waals surface area contributed by atoms with Crippen LogP contribution in [0.15, 0.2) is 54.6 Å². The van der Waals surface area contributed by atoms with E-state index in [2.05, 4.69) is 66.9 Å². The summed E-state index contributed by atoms with van der Waals surface area (Å²) in [7, 11) is 4.95. The number of benzene rings is 1. The van der Waals surface area contributed by atoms with Gasteiger partial charge in [-0.25, -0.2) is 15.2 Å². The highest BCUT2D eigenvalue weighted by Gasteiger charge is 2.40. The number of cyclic esters (lactones) is 1. The molecule has 16 nitrogen and oxygen atoms in total. The average molecular weight is 924 g/mol. The van der Waals surface area contributed by atoms with Gasteiger partial charge in [-0.1, -0.05) is 40.3 Å². The summed E-state index contributed by atoms with van der Waals surface area (Å²) in [5, 5.41) is 8.09. The van der Waals surface area contributed by atoms with E-state index in [1.807, 2.05) is 32.2 Å². The maximum Gasteiger partial charge on any atom is 0.324 e. The molecule has 5 amide bonds. The number of hydrogen-bond acceptors (Lipinski definition) is 11. The molecule has 5 atom stereocenters. The molecule has 7 rings (SSSR count). The van der Waals surface area contributed by atoms with Crippen molar-refractivity contribution in [1.82, 2.24) is 45.0 Å². The van der Waals surface area contributed by atoms with Crippen LogP contribution in [0.3, 0.4) is 0 Å². The Labute approximate surface area is 391 Å². The first-order valence-electron chi connectivity index (χ1n) is 23.0. The molecule has 3 aliphatic rings. The van der Waals surface area contributed by atoms with E-state index >= 15 is 0 Å². The van der Waals surface area contributed by atoms with E-state index in [1.54, 1.807) is 37.2 Å². The number of esters is 1. The summed E-state index contributed by atoms with van der Waals surface area (Å²) in [6, 6.07) is 6.96. The molecule has 2 N–H and O–H groups in total.